The third-order valence-electron chi connectivity index (χ3n) is 4.30. The molecule has 2 rings (SSSR count). The minimum Gasteiger partial charge on any atom is -0.481 e. The number of hydrogen-bond acceptors (Lipinski definition) is 4. The highest BCUT2D eigenvalue weighted by atomic mass is 16.6. The first-order chi connectivity index (χ1) is 11.0. The quantitative estimate of drug-likeness (QED) is 0.616. The number of aliphatic carboxylic acids is 1. The molecule has 0 radical (unpaired) electrons. The lowest BCUT2D eigenvalue weighted by Gasteiger charge is -2.26. The second kappa shape index (κ2) is 7.71. The van der Waals surface area contributed by atoms with Gasteiger partial charge in [-0.2, -0.15) is 0 Å². The Hall–Kier alpha value is -2.44. The molecule has 0 atom stereocenters. The van der Waals surface area contributed by atoms with Crippen LogP contribution in [-0.2, 0) is 16.0 Å². The number of nitrogens with one attached hydrogen (secondary N) is 1. The van der Waals surface area contributed by atoms with Gasteiger partial charge in [-0.3, -0.25) is 19.7 Å². The van der Waals surface area contributed by atoms with Crippen LogP contribution in [0.25, 0.3) is 0 Å². The lowest BCUT2D eigenvalue weighted by atomic mass is 9.82. The standard InChI is InChI=1S/C16H20N2O5/c19-15(9-11-3-7-14(8-4-11)18(22)23)17-10-12-1-5-13(6-2-12)16(20)21/h3-4,7-8,12-13H,1-2,5-6,9-10H2,(H,17,19)(H,20,21). The zero-order chi connectivity index (χ0) is 16.8. The van der Waals surface area contributed by atoms with Crippen LogP contribution in [0, 0.1) is 22.0 Å². The number of carboxylic acids is 1. The minimum absolute atomic E-state index is 0.00403. The van der Waals surface area contributed by atoms with Gasteiger partial charge in [-0.1, -0.05) is 12.1 Å². The molecule has 1 aromatic carbocycles. The molecule has 1 saturated carbocycles. The van der Waals surface area contributed by atoms with Crippen molar-refractivity contribution in [1.29, 1.82) is 0 Å². The van der Waals surface area contributed by atoms with Gasteiger partial charge in [0.15, 0.2) is 0 Å². The molecule has 0 spiro atoms. The Morgan fingerprint density at radius 2 is 1.78 bits per heavy atom. The van der Waals surface area contributed by atoms with Crippen molar-refractivity contribution in [3.8, 4) is 0 Å². The molecule has 1 aromatic rings. The Balaban J connectivity index is 1.73. The largest absolute Gasteiger partial charge is 0.481 e. The molecule has 124 valence electrons. The first-order valence-corrected chi connectivity index (χ1v) is 7.68. The Labute approximate surface area is 133 Å². The van der Waals surface area contributed by atoms with E-state index in [0.29, 0.717) is 25.3 Å². The second-order valence-electron chi connectivity index (χ2n) is 5.96. The van der Waals surface area contributed by atoms with Crippen LogP contribution in [0.2, 0.25) is 0 Å². The molecule has 1 aliphatic rings. The number of benzene rings is 1. The molecule has 0 saturated heterocycles. The SMILES string of the molecule is O=C(Cc1ccc([N+](=O)[O-])cc1)NCC1CCC(C(=O)O)CC1. The summed E-state index contributed by atoms with van der Waals surface area (Å²) in [6.07, 6.45) is 3.14. The Morgan fingerprint density at radius 3 is 2.30 bits per heavy atom. The molecule has 7 nitrogen and oxygen atoms in total. The summed E-state index contributed by atoms with van der Waals surface area (Å²) in [6, 6.07) is 5.93. The molecule has 1 aliphatic carbocycles. The first-order valence-electron chi connectivity index (χ1n) is 7.68. The fourth-order valence-electron chi connectivity index (χ4n) is 2.86. The van der Waals surface area contributed by atoms with Crippen LogP contribution >= 0.6 is 0 Å². The summed E-state index contributed by atoms with van der Waals surface area (Å²) in [4.78, 5) is 32.9. The number of carboxylic acid groups (broad SMARTS) is 1. The molecule has 0 aromatic heterocycles. The molecular formula is C16H20N2O5. The molecule has 7 heteroatoms. The summed E-state index contributed by atoms with van der Waals surface area (Å²) in [7, 11) is 0. The van der Waals surface area contributed by atoms with E-state index >= 15 is 0 Å². The van der Waals surface area contributed by atoms with Gasteiger partial charge in [-0.25, -0.2) is 0 Å². The van der Waals surface area contributed by atoms with Gasteiger partial charge in [0.2, 0.25) is 5.91 Å². The van der Waals surface area contributed by atoms with Crippen molar-refractivity contribution in [2.24, 2.45) is 11.8 Å². The molecule has 1 fully saturated rings. The Morgan fingerprint density at radius 1 is 1.17 bits per heavy atom. The number of rotatable bonds is 6. The number of nitrogens with zero attached hydrogens (tertiary/aromatic N) is 1. The average Bonchev–Trinajstić information content (AvgIpc) is 2.54. The van der Waals surface area contributed by atoms with Crippen molar-refractivity contribution in [3.63, 3.8) is 0 Å². The fourth-order valence-corrected chi connectivity index (χ4v) is 2.86. The summed E-state index contributed by atoms with van der Waals surface area (Å²) in [5.74, 6) is -0.779. The van der Waals surface area contributed by atoms with E-state index in [4.69, 9.17) is 5.11 Å². The highest BCUT2D eigenvalue weighted by Crippen LogP contribution is 2.28. The lowest BCUT2D eigenvalue weighted by molar-refractivity contribution is -0.384. The zero-order valence-corrected chi connectivity index (χ0v) is 12.7. The van der Waals surface area contributed by atoms with Crippen LogP contribution in [0.15, 0.2) is 24.3 Å². The molecule has 2 N–H and O–H groups in total. The van der Waals surface area contributed by atoms with E-state index in [-0.39, 0.29) is 23.9 Å². The highest BCUT2D eigenvalue weighted by Gasteiger charge is 2.25. The van der Waals surface area contributed by atoms with Crippen molar-refractivity contribution >= 4 is 17.6 Å². The maximum atomic E-state index is 11.9. The molecule has 0 unspecified atom stereocenters. The van der Waals surface area contributed by atoms with Gasteiger partial charge in [-0.05, 0) is 37.2 Å². The van der Waals surface area contributed by atoms with E-state index in [0.717, 1.165) is 18.4 Å². The van der Waals surface area contributed by atoms with E-state index in [1.165, 1.54) is 12.1 Å². The third kappa shape index (κ3) is 5.05. The molecule has 23 heavy (non-hydrogen) atoms. The van der Waals surface area contributed by atoms with Crippen molar-refractivity contribution < 1.29 is 19.6 Å². The van der Waals surface area contributed by atoms with Gasteiger partial charge in [0.25, 0.3) is 5.69 Å². The van der Waals surface area contributed by atoms with E-state index in [9.17, 15) is 19.7 Å². The number of nitro groups is 1. The van der Waals surface area contributed by atoms with Crippen LogP contribution in [0.1, 0.15) is 31.2 Å². The Bertz CT molecular complexity index is 577. The number of amides is 1. The first kappa shape index (κ1) is 16.9. The summed E-state index contributed by atoms with van der Waals surface area (Å²) in [5.41, 5.74) is 0.729. The van der Waals surface area contributed by atoms with E-state index in [1.54, 1.807) is 12.1 Å². The van der Waals surface area contributed by atoms with E-state index < -0.39 is 10.9 Å². The van der Waals surface area contributed by atoms with E-state index in [2.05, 4.69) is 5.32 Å². The maximum Gasteiger partial charge on any atom is 0.306 e. The number of carbonyl (C=O) groups excluding carboxylic acids is 1. The highest BCUT2D eigenvalue weighted by molar-refractivity contribution is 5.78. The van der Waals surface area contributed by atoms with Crippen molar-refractivity contribution in [3.05, 3.63) is 39.9 Å². The summed E-state index contributed by atoms with van der Waals surface area (Å²) in [5, 5.41) is 22.4. The van der Waals surface area contributed by atoms with Gasteiger partial charge in [0.05, 0.1) is 17.3 Å². The van der Waals surface area contributed by atoms with Crippen LogP contribution < -0.4 is 5.32 Å². The number of hydrogen-bond donors (Lipinski definition) is 2. The summed E-state index contributed by atoms with van der Waals surface area (Å²) < 4.78 is 0. The number of carbonyl (C=O) groups is 2. The lowest BCUT2D eigenvalue weighted by Crippen LogP contribution is -2.33. The Kier molecular flexibility index (Phi) is 5.67. The topological polar surface area (TPSA) is 110 Å². The molecule has 0 aliphatic heterocycles. The zero-order valence-electron chi connectivity index (χ0n) is 12.7. The monoisotopic (exact) mass is 320 g/mol. The molecule has 0 bridgehead atoms. The van der Waals surface area contributed by atoms with E-state index in [1.807, 2.05) is 0 Å². The van der Waals surface area contributed by atoms with Crippen molar-refractivity contribution in [2.45, 2.75) is 32.1 Å². The van der Waals surface area contributed by atoms with Gasteiger partial charge >= 0.3 is 5.97 Å². The van der Waals surface area contributed by atoms with Crippen LogP contribution in [-0.4, -0.2) is 28.5 Å². The fraction of sp³-hybridized carbons (Fsp3) is 0.500. The van der Waals surface area contributed by atoms with Crippen molar-refractivity contribution in [2.75, 3.05) is 6.54 Å². The maximum absolute atomic E-state index is 11.9. The molecule has 1 amide bonds. The summed E-state index contributed by atoms with van der Waals surface area (Å²) >= 11 is 0. The van der Waals surface area contributed by atoms with Crippen LogP contribution in [0.5, 0.6) is 0 Å². The third-order valence-corrected chi connectivity index (χ3v) is 4.30. The number of non-ortho nitro benzene ring substituents is 1. The predicted molar refractivity (Wildman–Crippen MR) is 82.9 cm³/mol. The number of nitro benzene ring substituents is 1. The minimum atomic E-state index is -0.731. The van der Waals surface area contributed by atoms with Gasteiger partial charge < -0.3 is 10.4 Å². The second-order valence-corrected chi connectivity index (χ2v) is 5.96. The molecule has 0 heterocycles. The van der Waals surface area contributed by atoms with Gasteiger partial charge in [0.1, 0.15) is 0 Å². The van der Waals surface area contributed by atoms with Crippen LogP contribution in [0.3, 0.4) is 0 Å². The average molecular weight is 320 g/mol. The van der Waals surface area contributed by atoms with Gasteiger partial charge in [-0.15, -0.1) is 0 Å². The van der Waals surface area contributed by atoms with Gasteiger partial charge in [0, 0.05) is 18.7 Å². The smallest absolute Gasteiger partial charge is 0.306 e. The van der Waals surface area contributed by atoms with Crippen LogP contribution in [0.4, 0.5) is 5.69 Å². The predicted octanol–water partition coefficient (Wildman–Crippen LogP) is 2.14. The summed E-state index contributed by atoms with van der Waals surface area (Å²) in [6.45, 7) is 0.554. The normalized spacial score (nSPS) is 20.7. The molecular weight excluding hydrogens is 300 g/mol. The van der Waals surface area contributed by atoms with Crippen molar-refractivity contribution in [1.82, 2.24) is 5.32 Å².